The summed E-state index contributed by atoms with van der Waals surface area (Å²) in [6.45, 7) is 4.46. The Morgan fingerprint density at radius 2 is 1.71 bits per heavy atom. The molecule has 11 heteroatoms. The van der Waals surface area contributed by atoms with Gasteiger partial charge in [-0.15, -0.1) is 0 Å². The Labute approximate surface area is 181 Å². The van der Waals surface area contributed by atoms with Crippen LogP contribution in [0.2, 0.25) is 0 Å². The molecule has 0 spiro atoms. The van der Waals surface area contributed by atoms with E-state index < -0.39 is 27.1 Å². The minimum atomic E-state index is -0.784. The lowest BCUT2D eigenvalue weighted by molar-refractivity contribution is -0.394. The lowest BCUT2D eigenvalue weighted by atomic mass is 10.0. The summed E-state index contributed by atoms with van der Waals surface area (Å²) in [6, 6.07) is 6.70. The molecule has 2 amide bonds. The second kappa shape index (κ2) is 9.13. The minimum absolute atomic E-state index is 0.0283. The molecule has 2 aromatic rings. The monoisotopic (exact) mass is 444 g/mol. The van der Waals surface area contributed by atoms with Gasteiger partial charge in [0.05, 0.1) is 21.5 Å². The van der Waals surface area contributed by atoms with Gasteiger partial charge in [-0.05, 0) is 37.6 Å². The fourth-order valence-electron chi connectivity index (χ4n) is 3.29. The van der Waals surface area contributed by atoms with Crippen LogP contribution in [-0.4, -0.2) is 51.2 Å². The zero-order valence-electron chi connectivity index (χ0n) is 16.9. The second-order valence-corrected chi connectivity index (χ2v) is 8.26. The van der Waals surface area contributed by atoms with Crippen molar-refractivity contribution in [3.8, 4) is 0 Å². The van der Waals surface area contributed by atoms with Gasteiger partial charge in [-0.1, -0.05) is 0 Å². The van der Waals surface area contributed by atoms with Crippen molar-refractivity contribution in [1.82, 2.24) is 4.90 Å². The lowest BCUT2D eigenvalue weighted by Crippen LogP contribution is -2.37. The Kier molecular flexibility index (Phi) is 6.54. The first-order valence-electron chi connectivity index (χ1n) is 9.41. The van der Waals surface area contributed by atoms with Gasteiger partial charge in [0, 0.05) is 47.5 Å². The van der Waals surface area contributed by atoms with Crippen LogP contribution in [0.25, 0.3) is 0 Å². The van der Waals surface area contributed by atoms with Crippen LogP contribution in [0.5, 0.6) is 0 Å². The van der Waals surface area contributed by atoms with E-state index in [1.54, 1.807) is 41.8 Å². The summed E-state index contributed by atoms with van der Waals surface area (Å²) in [7, 11) is 0. The molecule has 0 atom stereocenters. The van der Waals surface area contributed by atoms with E-state index in [0.29, 0.717) is 29.9 Å². The zero-order valence-corrected chi connectivity index (χ0v) is 17.7. The highest BCUT2D eigenvalue weighted by atomic mass is 32.2. The summed E-state index contributed by atoms with van der Waals surface area (Å²) in [5, 5.41) is 25.0. The van der Waals surface area contributed by atoms with Gasteiger partial charge in [0.25, 0.3) is 23.2 Å². The summed E-state index contributed by atoms with van der Waals surface area (Å²) in [5.41, 5.74) is 0.361. The largest absolute Gasteiger partial charge is 0.337 e. The Hall–Kier alpha value is -3.47. The number of rotatable bonds is 5. The summed E-state index contributed by atoms with van der Waals surface area (Å²) in [5.74, 6) is 1.01. The molecule has 3 rings (SSSR count). The number of nitro benzene ring substituents is 2. The smallest absolute Gasteiger partial charge is 0.279 e. The summed E-state index contributed by atoms with van der Waals surface area (Å²) >= 11 is 1.80. The molecule has 0 saturated carbocycles. The van der Waals surface area contributed by atoms with Crippen LogP contribution in [0.1, 0.15) is 31.8 Å². The van der Waals surface area contributed by atoms with Crippen molar-refractivity contribution in [3.63, 3.8) is 0 Å². The van der Waals surface area contributed by atoms with Gasteiger partial charge in [0.15, 0.2) is 0 Å². The van der Waals surface area contributed by atoms with E-state index in [0.717, 1.165) is 23.6 Å². The number of nitrogens with zero attached hydrogens (tertiary/aromatic N) is 3. The summed E-state index contributed by atoms with van der Waals surface area (Å²) in [6.07, 6.45) is 0. The molecule has 0 bridgehead atoms. The van der Waals surface area contributed by atoms with Crippen molar-refractivity contribution < 1.29 is 19.4 Å². The molecule has 2 aromatic carbocycles. The number of thioether (sulfide) groups is 1. The molecule has 1 aliphatic rings. The molecule has 0 unspecified atom stereocenters. The molecule has 0 radical (unpaired) electrons. The molecule has 1 fully saturated rings. The Morgan fingerprint density at radius 3 is 2.29 bits per heavy atom. The van der Waals surface area contributed by atoms with Crippen LogP contribution in [0, 0.1) is 34.1 Å². The maximum Gasteiger partial charge on any atom is 0.279 e. The number of aryl methyl sites for hydroxylation is 1. The van der Waals surface area contributed by atoms with Gasteiger partial charge < -0.3 is 10.2 Å². The average molecular weight is 444 g/mol. The highest BCUT2D eigenvalue weighted by Gasteiger charge is 2.25. The van der Waals surface area contributed by atoms with Crippen LogP contribution in [-0.2, 0) is 0 Å². The third kappa shape index (κ3) is 4.82. The van der Waals surface area contributed by atoms with E-state index in [-0.39, 0.29) is 17.0 Å². The quantitative estimate of drug-likeness (QED) is 0.550. The fraction of sp³-hybridized carbons (Fsp3) is 0.300. The standard InChI is InChI=1S/C20H20N4O6S/c1-12-9-14(20(26)22-5-7-31-8-6-22)3-4-17(12)21-19(25)16-10-15(23(27)28)11-18(13(16)2)24(29)30/h3-4,9-11H,5-8H2,1-2H3,(H,21,25). The summed E-state index contributed by atoms with van der Waals surface area (Å²) < 4.78 is 0. The predicted octanol–water partition coefficient (Wildman–Crippen LogP) is 3.56. The van der Waals surface area contributed by atoms with Crippen molar-refractivity contribution in [2.45, 2.75) is 13.8 Å². The molecule has 10 nitrogen and oxygen atoms in total. The van der Waals surface area contributed by atoms with Crippen molar-refractivity contribution in [2.75, 3.05) is 29.9 Å². The van der Waals surface area contributed by atoms with Crippen molar-refractivity contribution in [2.24, 2.45) is 0 Å². The van der Waals surface area contributed by atoms with Crippen LogP contribution < -0.4 is 5.32 Å². The molecule has 162 valence electrons. The Morgan fingerprint density at radius 1 is 1.03 bits per heavy atom. The number of non-ortho nitro benzene ring substituents is 1. The normalized spacial score (nSPS) is 13.5. The third-order valence-electron chi connectivity index (χ3n) is 5.04. The summed E-state index contributed by atoms with van der Waals surface area (Å²) in [4.78, 5) is 48.0. The SMILES string of the molecule is Cc1cc(C(=O)N2CCSCC2)ccc1NC(=O)c1cc([N+](=O)[O-])cc([N+](=O)[O-])c1C. The van der Waals surface area contributed by atoms with Crippen LogP contribution in [0.15, 0.2) is 30.3 Å². The Balaban J connectivity index is 1.86. The van der Waals surface area contributed by atoms with Crippen LogP contribution >= 0.6 is 11.8 Å². The van der Waals surface area contributed by atoms with Crippen molar-refractivity contribution >= 4 is 40.6 Å². The third-order valence-corrected chi connectivity index (χ3v) is 5.98. The number of hydrogen-bond donors (Lipinski definition) is 1. The number of anilines is 1. The van der Waals surface area contributed by atoms with E-state index in [9.17, 15) is 29.8 Å². The van der Waals surface area contributed by atoms with Gasteiger partial charge in [-0.2, -0.15) is 11.8 Å². The molecule has 0 aliphatic carbocycles. The molecule has 1 saturated heterocycles. The Bertz CT molecular complexity index is 1080. The minimum Gasteiger partial charge on any atom is -0.337 e. The van der Waals surface area contributed by atoms with Gasteiger partial charge in [0.1, 0.15) is 0 Å². The maximum atomic E-state index is 12.8. The van der Waals surface area contributed by atoms with Gasteiger partial charge in [0.2, 0.25) is 0 Å². The number of nitro groups is 2. The first kappa shape index (κ1) is 22.2. The van der Waals surface area contributed by atoms with E-state index in [2.05, 4.69) is 5.32 Å². The van der Waals surface area contributed by atoms with Crippen molar-refractivity contribution in [3.05, 3.63) is 72.8 Å². The number of carbonyl (C=O) groups is 2. The second-order valence-electron chi connectivity index (χ2n) is 7.04. The van der Waals surface area contributed by atoms with Gasteiger partial charge in [-0.25, -0.2) is 0 Å². The molecule has 1 heterocycles. The number of carbonyl (C=O) groups excluding carboxylic acids is 2. The highest BCUT2D eigenvalue weighted by molar-refractivity contribution is 7.99. The fourth-order valence-corrected chi connectivity index (χ4v) is 4.19. The van der Waals surface area contributed by atoms with Crippen LogP contribution in [0.3, 0.4) is 0 Å². The predicted molar refractivity (Wildman–Crippen MR) is 117 cm³/mol. The maximum absolute atomic E-state index is 12.8. The topological polar surface area (TPSA) is 136 Å². The molecular weight excluding hydrogens is 424 g/mol. The zero-order chi connectivity index (χ0) is 22.7. The highest BCUT2D eigenvalue weighted by Crippen LogP contribution is 2.29. The first-order valence-corrected chi connectivity index (χ1v) is 10.6. The van der Waals surface area contributed by atoms with Gasteiger partial charge >= 0.3 is 0 Å². The molecule has 31 heavy (non-hydrogen) atoms. The van der Waals surface area contributed by atoms with Crippen molar-refractivity contribution in [1.29, 1.82) is 0 Å². The first-order chi connectivity index (χ1) is 14.7. The number of hydrogen-bond acceptors (Lipinski definition) is 7. The van der Waals surface area contributed by atoms with E-state index in [4.69, 9.17) is 0 Å². The number of amides is 2. The van der Waals surface area contributed by atoms with E-state index in [1.807, 2.05) is 0 Å². The van der Waals surface area contributed by atoms with E-state index >= 15 is 0 Å². The molecule has 0 aromatic heterocycles. The number of benzene rings is 2. The molecule has 1 aliphatic heterocycles. The molecule has 1 N–H and O–H groups in total. The number of nitrogens with one attached hydrogen (secondary N) is 1. The van der Waals surface area contributed by atoms with Crippen LogP contribution in [0.4, 0.5) is 17.1 Å². The van der Waals surface area contributed by atoms with Gasteiger partial charge in [-0.3, -0.25) is 29.8 Å². The average Bonchev–Trinajstić information content (AvgIpc) is 2.74. The lowest BCUT2D eigenvalue weighted by Gasteiger charge is -2.26. The molecular formula is C20H20N4O6S. The van der Waals surface area contributed by atoms with E-state index in [1.165, 1.54) is 6.92 Å².